The predicted molar refractivity (Wildman–Crippen MR) is 81.8 cm³/mol. The maximum Gasteiger partial charge on any atom is 0.124 e. The second kappa shape index (κ2) is 6.25. The highest BCUT2D eigenvalue weighted by Crippen LogP contribution is 2.19. The minimum absolute atomic E-state index is 0.377. The van der Waals surface area contributed by atoms with Crippen LogP contribution >= 0.6 is 11.6 Å². The minimum Gasteiger partial charge on any atom is -0.326 e. The molecule has 0 aliphatic heterocycles. The molecule has 0 saturated carbocycles. The summed E-state index contributed by atoms with van der Waals surface area (Å²) in [7, 11) is 2.10. The SMILES string of the molecule is CC(C)N(C)CCn1c(CCl)nc2ccc(C#N)cc21. The molecular formula is C15H19ClN4. The highest BCUT2D eigenvalue weighted by Gasteiger charge is 2.12. The Hall–Kier alpha value is -1.57. The molecule has 106 valence electrons. The van der Waals surface area contributed by atoms with Gasteiger partial charge in [-0.15, -0.1) is 11.6 Å². The summed E-state index contributed by atoms with van der Waals surface area (Å²) in [5.74, 6) is 1.23. The Morgan fingerprint density at radius 2 is 2.20 bits per heavy atom. The average Bonchev–Trinajstić information content (AvgIpc) is 2.81. The molecule has 0 unspecified atom stereocenters. The maximum atomic E-state index is 9.03. The number of halogens is 1. The lowest BCUT2D eigenvalue weighted by Gasteiger charge is -2.21. The molecule has 1 aromatic carbocycles. The fourth-order valence-electron chi connectivity index (χ4n) is 2.11. The highest BCUT2D eigenvalue weighted by atomic mass is 35.5. The van der Waals surface area contributed by atoms with Gasteiger partial charge in [-0.3, -0.25) is 0 Å². The van der Waals surface area contributed by atoms with E-state index in [1.54, 1.807) is 6.07 Å². The smallest absolute Gasteiger partial charge is 0.124 e. The van der Waals surface area contributed by atoms with Crippen molar-refractivity contribution >= 4 is 22.6 Å². The van der Waals surface area contributed by atoms with E-state index < -0.39 is 0 Å². The van der Waals surface area contributed by atoms with Gasteiger partial charge in [0.2, 0.25) is 0 Å². The molecule has 1 heterocycles. The van der Waals surface area contributed by atoms with Crippen LogP contribution in [0.5, 0.6) is 0 Å². The molecule has 0 amide bonds. The van der Waals surface area contributed by atoms with Gasteiger partial charge >= 0.3 is 0 Å². The van der Waals surface area contributed by atoms with Crippen molar-refractivity contribution < 1.29 is 0 Å². The van der Waals surface area contributed by atoms with E-state index in [2.05, 4.69) is 41.4 Å². The molecule has 0 bridgehead atoms. The van der Waals surface area contributed by atoms with Gasteiger partial charge in [0.15, 0.2) is 0 Å². The summed E-state index contributed by atoms with van der Waals surface area (Å²) in [6.07, 6.45) is 0. The molecule has 5 heteroatoms. The van der Waals surface area contributed by atoms with Gasteiger partial charge in [0.25, 0.3) is 0 Å². The van der Waals surface area contributed by atoms with Crippen molar-refractivity contribution in [3.05, 3.63) is 29.6 Å². The number of hydrogen-bond acceptors (Lipinski definition) is 3. The predicted octanol–water partition coefficient (Wildman–Crippen LogP) is 2.99. The second-order valence-electron chi connectivity index (χ2n) is 5.20. The Kier molecular flexibility index (Phi) is 4.64. The Labute approximate surface area is 124 Å². The number of benzene rings is 1. The molecule has 0 atom stereocenters. The van der Waals surface area contributed by atoms with E-state index in [-0.39, 0.29) is 0 Å². The standard InChI is InChI=1S/C15H19ClN4/c1-11(2)19(3)6-7-20-14-8-12(10-17)4-5-13(14)18-15(20)9-16/h4-5,8,11H,6-7,9H2,1-3H3. The average molecular weight is 291 g/mol. The summed E-state index contributed by atoms with van der Waals surface area (Å²) in [6, 6.07) is 8.23. The van der Waals surface area contributed by atoms with Gasteiger partial charge in [-0.1, -0.05) is 0 Å². The molecule has 4 nitrogen and oxygen atoms in total. The van der Waals surface area contributed by atoms with Gasteiger partial charge in [0.1, 0.15) is 5.82 Å². The number of fused-ring (bicyclic) bond motifs is 1. The molecule has 0 spiro atoms. The first-order valence-corrected chi connectivity index (χ1v) is 7.25. The Morgan fingerprint density at radius 1 is 1.45 bits per heavy atom. The van der Waals surface area contributed by atoms with Crippen LogP contribution in [0, 0.1) is 11.3 Å². The summed E-state index contributed by atoms with van der Waals surface area (Å²) >= 11 is 5.99. The van der Waals surface area contributed by atoms with E-state index >= 15 is 0 Å². The van der Waals surface area contributed by atoms with Gasteiger partial charge in [0.05, 0.1) is 28.5 Å². The lowest BCUT2D eigenvalue weighted by atomic mass is 10.2. The third-order valence-corrected chi connectivity index (χ3v) is 3.87. The first kappa shape index (κ1) is 14.8. The van der Waals surface area contributed by atoms with Crippen LogP contribution in [-0.4, -0.2) is 34.1 Å². The van der Waals surface area contributed by atoms with Crippen LogP contribution in [-0.2, 0) is 12.4 Å². The topological polar surface area (TPSA) is 44.9 Å². The maximum absolute atomic E-state index is 9.03. The molecule has 0 radical (unpaired) electrons. The number of nitrogens with zero attached hydrogens (tertiary/aromatic N) is 4. The van der Waals surface area contributed by atoms with Crippen LogP contribution < -0.4 is 0 Å². The molecule has 0 aliphatic carbocycles. The summed E-state index contributed by atoms with van der Waals surface area (Å²) in [5.41, 5.74) is 2.53. The van der Waals surface area contributed by atoms with Gasteiger partial charge in [-0.25, -0.2) is 4.98 Å². The normalized spacial score (nSPS) is 11.4. The van der Waals surface area contributed by atoms with Crippen LogP contribution in [0.1, 0.15) is 25.2 Å². The zero-order valence-corrected chi connectivity index (χ0v) is 12.9. The second-order valence-corrected chi connectivity index (χ2v) is 5.47. The van der Waals surface area contributed by atoms with Gasteiger partial charge in [-0.05, 0) is 39.1 Å². The van der Waals surface area contributed by atoms with E-state index in [0.717, 1.165) is 29.9 Å². The van der Waals surface area contributed by atoms with Gasteiger partial charge in [-0.2, -0.15) is 5.26 Å². The van der Waals surface area contributed by atoms with Crippen LogP contribution in [0.4, 0.5) is 0 Å². The Balaban J connectivity index is 2.36. The number of aromatic nitrogens is 2. The van der Waals surface area contributed by atoms with Crippen molar-refractivity contribution in [3.8, 4) is 6.07 Å². The zero-order valence-electron chi connectivity index (χ0n) is 12.1. The number of nitriles is 1. The van der Waals surface area contributed by atoms with Crippen molar-refractivity contribution in [1.82, 2.24) is 14.5 Å². The molecule has 0 saturated heterocycles. The summed E-state index contributed by atoms with van der Waals surface area (Å²) in [4.78, 5) is 6.81. The van der Waals surface area contributed by atoms with Gasteiger partial charge in [0, 0.05) is 19.1 Å². The summed E-state index contributed by atoms with van der Waals surface area (Å²) < 4.78 is 2.11. The molecule has 0 aliphatic rings. The molecule has 1 aromatic heterocycles. The summed E-state index contributed by atoms with van der Waals surface area (Å²) in [5, 5.41) is 9.03. The molecule has 0 fully saturated rings. The largest absolute Gasteiger partial charge is 0.326 e. The van der Waals surface area contributed by atoms with E-state index in [1.165, 1.54) is 0 Å². The Bertz CT molecular complexity index is 639. The minimum atomic E-state index is 0.377. The first-order valence-electron chi connectivity index (χ1n) is 6.72. The van der Waals surface area contributed by atoms with Crippen molar-refractivity contribution in [2.75, 3.05) is 13.6 Å². The monoisotopic (exact) mass is 290 g/mol. The van der Waals surface area contributed by atoms with Crippen molar-refractivity contribution in [2.45, 2.75) is 32.3 Å². The summed E-state index contributed by atoms with van der Waals surface area (Å²) in [6.45, 7) is 6.08. The van der Waals surface area contributed by atoms with Crippen LogP contribution in [0.25, 0.3) is 11.0 Å². The lowest BCUT2D eigenvalue weighted by Crippen LogP contribution is -2.30. The molecule has 20 heavy (non-hydrogen) atoms. The lowest BCUT2D eigenvalue weighted by molar-refractivity contribution is 0.263. The molecular weight excluding hydrogens is 272 g/mol. The van der Waals surface area contributed by atoms with Crippen LogP contribution in [0.3, 0.4) is 0 Å². The number of hydrogen-bond donors (Lipinski definition) is 0. The third-order valence-electron chi connectivity index (χ3n) is 3.63. The quantitative estimate of drug-likeness (QED) is 0.795. The van der Waals surface area contributed by atoms with Crippen molar-refractivity contribution in [1.29, 1.82) is 5.26 Å². The van der Waals surface area contributed by atoms with E-state index in [1.807, 2.05) is 12.1 Å². The Morgan fingerprint density at radius 3 is 2.80 bits per heavy atom. The molecule has 2 aromatic rings. The number of alkyl halides is 1. The number of likely N-dealkylation sites (N-methyl/N-ethyl adjacent to an activating group) is 1. The molecule has 0 N–H and O–H groups in total. The molecule has 2 rings (SSSR count). The van der Waals surface area contributed by atoms with Gasteiger partial charge < -0.3 is 9.47 Å². The van der Waals surface area contributed by atoms with E-state index in [4.69, 9.17) is 16.9 Å². The highest BCUT2D eigenvalue weighted by molar-refractivity contribution is 6.16. The van der Waals surface area contributed by atoms with Crippen LogP contribution in [0.15, 0.2) is 18.2 Å². The fraction of sp³-hybridized carbons (Fsp3) is 0.467. The zero-order chi connectivity index (χ0) is 14.7. The third kappa shape index (κ3) is 2.95. The number of rotatable bonds is 5. The van der Waals surface area contributed by atoms with Crippen molar-refractivity contribution in [2.24, 2.45) is 0 Å². The first-order chi connectivity index (χ1) is 9.56. The van der Waals surface area contributed by atoms with E-state index in [0.29, 0.717) is 17.5 Å². The van der Waals surface area contributed by atoms with Crippen LogP contribution in [0.2, 0.25) is 0 Å². The van der Waals surface area contributed by atoms with Crippen molar-refractivity contribution in [3.63, 3.8) is 0 Å². The number of imidazole rings is 1. The van der Waals surface area contributed by atoms with E-state index in [9.17, 15) is 0 Å². The fourth-order valence-corrected chi connectivity index (χ4v) is 2.31.